The first kappa shape index (κ1) is 13.3. The first-order valence-corrected chi connectivity index (χ1v) is 5.13. The van der Waals surface area contributed by atoms with E-state index in [0.29, 0.717) is 0 Å². The second-order valence-electron chi connectivity index (χ2n) is 2.87. The lowest BCUT2D eigenvalue weighted by atomic mass is 10.1. The molecular formula is C9H5BrClF3O2. The highest BCUT2D eigenvalue weighted by Gasteiger charge is 2.31. The van der Waals surface area contributed by atoms with Gasteiger partial charge < -0.3 is 4.74 Å². The van der Waals surface area contributed by atoms with Gasteiger partial charge in [-0.15, -0.1) is 13.2 Å². The van der Waals surface area contributed by atoms with Crippen LogP contribution in [0.5, 0.6) is 5.75 Å². The molecule has 0 unspecified atom stereocenters. The Kier molecular flexibility index (Phi) is 3.85. The molecule has 1 rings (SSSR count). The molecule has 0 heterocycles. The van der Waals surface area contributed by atoms with Crippen molar-refractivity contribution < 1.29 is 22.7 Å². The van der Waals surface area contributed by atoms with Crippen molar-refractivity contribution in [1.29, 1.82) is 0 Å². The van der Waals surface area contributed by atoms with Crippen molar-refractivity contribution in [1.82, 2.24) is 0 Å². The van der Waals surface area contributed by atoms with Gasteiger partial charge in [-0.05, 0) is 28.9 Å². The first-order chi connectivity index (χ1) is 7.20. The molecule has 1 aromatic carbocycles. The topological polar surface area (TPSA) is 26.3 Å². The van der Waals surface area contributed by atoms with Gasteiger partial charge in [-0.3, -0.25) is 4.79 Å². The molecule has 0 amide bonds. The summed E-state index contributed by atoms with van der Waals surface area (Å²) < 4.78 is 39.8. The Morgan fingerprint density at radius 2 is 2.00 bits per heavy atom. The maximum absolute atomic E-state index is 11.9. The largest absolute Gasteiger partial charge is 0.573 e. The molecule has 0 fully saturated rings. The number of rotatable bonds is 2. The van der Waals surface area contributed by atoms with Gasteiger partial charge in [0.15, 0.2) is 5.78 Å². The SMILES string of the molecule is CC(=O)c1cc(OC(F)(F)F)cc(Cl)c1Br. The van der Waals surface area contributed by atoms with Crippen molar-refractivity contribution >= 4 is 33.3 Å². The molecule has 88 valence electrons. The van der Waals surface area contributed by atoms with Crippen LogP contribution in [-0.4, -0.2) is 12.1 Å². The van der Waals surface area contributed by atoms with Gasteiger partial charge in [0, 0.05) is 16.1 Å². The number of Topliss-reactive ketones (excluding diaryl/α,β-unsaturated/α-hetero) is 1. The molecule has 0 atom stereocenters. The zero-order valence-corrected chi connectivity index (χ0v) is 10.2. The summed E-state index contributed by atoms with van der Waals surface area (Å²) in [5.74, 6) is -0.938. The fourth-order valence-electron chi connectivity index (χ4n) is 1.01. The summed E-state index contributed by atoms with van der Waals surface area (Å²) >= 11 is 8.65. The molecule has 0 radical (unpaired) electrons. The van der Waals surface area contributed by atoms with Gasteiger partial charge in [-0.2, -0.15) is 0 Å². The van der Waals surface area contributed by atoms with Crippen LogP contribution < -0.4 is 4.74 Å². The normalized spacial score (nSPS) is 11.4. The second-order valence-corrected chi connectivity index (χ2v) is 4.07. The minimum atomic E-state index is -4.81. The number of carbonyl (C=O) groups is 1. The molecule has 1 aromatic rings. The van der Waals surface area contributed by atoms with Crippen LogP contribution in [0.3, 0.4) is 0 Å². The first-order valence-electron chi connectivity index (χ1n) is 3.96. The summed E-state index contributed by atoms with van der Waals surface area (Å²) in [6, 6.07) is 1.96. The smallest absolute Gasteiger partial charge is 0.406 e. The van der Waals surface area contributed by atoms with Gasteiger partial charge in [0.2, 0.25) is 0 Å². The maximum Gasteiger partial charge on any atom is 0.573 e. The number of benzene rings is 1. The lowest BCUT2D eigenvalue weighted by molar-refractivity contribution is -0.274. The van der Waals surface area contributed by atoms with Crippen molar-refractivity contribution in [2.75, 3.05) is 0 Å². The molecule has 0 aliphatic rings. The van der Waals surface area contributed by atoms with Gasteiger partial charge in [0.25, 0.3) is 0 Å². The van der Waals surface area contributed by atoms with E-state index in [0.717, 1.165) is 12.1 Å². The minimum absolute atomic E-state index is 0.0213. The Bertz CT molecular complexity index is 431. The zero-order valence-electron chi connectivity index (χ0n) is 7.86. The third kappa shape index (κ3) is 3.38. The number of halogens is 5. The van der Waals surface area contributed by atoms with Crippen molar-refractivity contribution in [2.24, 2.45) is 0 Å². The molecule has 7 heteroatoms. The zero-order chi connectivity index (χ0) is 12.5. The Hall–Kier alpha value is -0.750. The van der Waals surface area contributed by atoms with Crippen LogP contribution >= 0.6 is 27.5 Å². The van der Waals surface area contributed by atoms with Crippen LogP contribution in [-0.2, 0) is 0 Å². The molecule has 0 N–H and O–H groups in total. The molecule has 0 spiro atoms. The fourth-order valence-corrected chi connectivity index (χ4v) is 1.73. The van der Waals surface area contributed by atoms with Crippen molar-refractivity contribution in [3.8, 4) is 5.75 Å². The molecule has 0 bridgehead atoms. The van der Waals surface area contributed by atoms with Crippen LogP contribution in [0.1, 0.15) is 17.3 Å². The summed E-state index contributed by atoms with van der Waals surface area (Å²) in [6.07, 6.45) is -4.81. The van der Waals surface area contributed by atoms with Crippen molar-refractivity contribution in [3.63, 3.8) is 0 Å². The Morgan fingerprint density at radius 3 is 2.44 bits per heavy atom. The molecule has 16 heavy (non-hydrogen) atoms. The van der Waals surface area contributed by atoms with Crippen LogP contribution in [0.15, 0.2) is 16.6 Å². The van der Waals surface area contributed by atoms with E-state index in [4.69, 9.17) is 11.6 Å². The van der Waals surface area contributed by atoms with Crippen molar-refractivity contribution in [3.05, 3.63) is 27.2 Å². The van der Waals surface area contributed by atoms with E-state index in [1.54, 1.807) is 0 Å². The van der Waals surface area contributed by atoms with Gasteiger partial charge in [0.05, 0.1) is 5.02 Å². The van der Waals surface area contributed by atoms with Gasteiger partial charge in [-0.1, -0.05) is 11.6 Å². The molecular weight excluding hydrogens is 312 g/mol. The highest BCUT2D eigenvalue weighted by molar-refractivity contribution is 9.10. The molecule has 0 aromatic heterocycles. The van der Waals surface area contributed by atoms with Crippen LogP contribution in [0, 0.1) is 0 Å². The molecule has 0 saturated carbocycles. The summed E-state index contributed by atoms with van der Waals surface area (Å²) in [5, 5.41) is -0.0213. The molecule has 0 aliphatic carbocycles. The monoisotopic (exact) mass is 316 g/mol. The number of hydrogen-bond acceptors (Lipinski definition) is 2. The average Bonchev–Trinajstić information content (AvgIpc) is 2.07. The number of ether oxygens (including phenoxy) is 1. The summed E-state index contributed by atoms with van der Waals surface area (Å²) in [6.45, 7) is 1.22. The summed E-state index contributed by atoms with van der Waals surface area (Å²) in [5.41, 5.74) is 0.0340. The van der Waals surface area contributed by atoms with Gasteiger partial charge in [-0.25, -0.2) is 0 Å². The highest BCUT2D eigenvalue weighted by Crippen LogP contribution is 2.33. The predicted molar refractivity (Wildman–Crippen MR) is 55.8 cm³/mol. The van der Waals surface area contributed by atoms with E-state index in [1.807, 2.05) is 0 Å². The van der Waals surface area contributed by atoms with Gasteiger partial charge in [0.1, 0.15) is 5.75 Å². The van der Waals surface area contributed by atoms with Crippen LogP contribution in [0.2, 0.25) is 5.02 Å². The van der Waals surface area contributed by atoms with Crippen molar-refractivity contribution in [2.45, 2.75) is 13.3 Å². The average molecular weight is 317 g/mol. The standard InChI is InChI=1S/C9H5BrClF3O2/c1-4(15)6-2-5(16-9(12,13)14)3-7(11)8(6)10/h2-3H,1H3. The van der Waals surface area contributed by atoms with Crippen LogP contribution in [0.4, 0.5) is 13.2 Å². The number of hydrogen-bond donors (Lipinski definition) is 0. The third-order valence-electron chi connectivity index (χ3n) is 1.61. The Balaban J connectivity index is 3.19. The molecule has 2 nitrogen and oxygen atoms in total. The lowest BCUT2D eigenvalue weighted by Gasteiger charge is -2.11. The molecule has 0 saturated heterocycles. The van der Waals surface area contributed by atoms with E-state index in [2.05, 4.69) is 20.7 Å². The quantitative estimate of drug-likeness (QED) is 0.764. The van der Waals surface area contributed by atoms with E-state index in [-0.39, 0.29) is 15.1 Å². The Morgan fingerprint density at radius 1 is 1.44 bits per heavy atom. The molecule has 0 aliphatic heterocycles. The number of alkyl halides is 3. The summed E-state index contributed by atoms with van der Waals surface area (Å²) in [4.78, 5) is 11.1. The Labute approximate surface area is 102 Å². The fraction of sp³-hybridized carbons (Fsp3) is 0.222. The van der Waals surface area contributed by atoms with E-state index >= 15 is 0 Å². The third-order valence-corrected chi connectivity index (χ3v) is 3.00. The van der Waals surface area contributed by atoms with Gasteiger partial charge >= 0.3 is 6.36 Å². The van der Waals surface area contributed by atoms with E-state index in [1.165, 1.54) is 6.92 Å². The van der Waals surface area contributed by atoms with E-state index < -0.39 is 17.9 Å². The number of carbonyl (C=O) groups excluding carboxylic acids is 1. The summed E-state index contributed by atoms with van der Waals surface area (Å²) in [7, 11) is 0. The lowest BCUT2D eigenvalue weighted by Crippen LogP contribution is -2.17. The van der Waals surface area contributed by atoms with E-state index in [9.17, 15) is 18.0 Å². The van der Waals surface area contributed by atoms with Crippen LogP contribution in [0.25, 0.3) is 0 Å². The highest BCUT2D eigenvalue weighted by atomic mass is 79.9. The number of ketones is 1. The predicted octanol–water partition coefficient (Wildman–Crippen LogP) is 4.20. The maximum atomic E-state index is 11.9. The second kappa shape index (κ2) is 4.63. The minimum Gasteiger partial charge on any atom is -0.406 e.